The van der Waals surface area contributed by atoms with E-state index < -0.39 is 21.4 Å². The molecular formula is C12H18BrFN2O2S. The van der Waals surface area contributed by atoms with Gasteiger partial charge in [-0.25, -0.2) is 17.5 Å². The zero-order chi connectivity index (χ0) is 14.8. The van der Waals surface area contributed by atoms with Crippen molar-refractivity contribution in [3.8, 4) is 0 Å². The molecule has 0 spiro atoms. The fraction of sp³-hybridized carbons (Fsp3) is 0.500. The van der Waals surface area contributed by atoms with Crippen LogP contribution in [0.5, 0.6) is 0 Å². The summed E-state index contributed by atoms with van der Waals surface area (Å²) in [4.78, 5) is -0.385. The van der Waals surface area contributed by atoms with Gasteiger partial charge in [0.1, 0.15) is 10.7 Å². The highest BCUT2D eigenvalue weighted by Gasteiger charge is 2.28. The second-order valence-electron chi connectivity index (χ2n) is 4.92. The van der Waals surface area contributed by atoms with Crippen molar-refractivity contribution in [3.05, 3.63) is 28.0 Å². The molecule has 7 heteroatoms. The Kier molecular flexibility index (Phi) is 5.11. The van der Waals surface area contributed by atoms with Crippen molar-refractivity contribution in [2.45, 2.75) is 44.2 Å². The van der Waals surface area contributed by atoms with Gasteiger partial charge in [0.2, 0.25) is 10.0 Å². The Bertz CT molecular complexity index is 573. The molecule has 1 rings (SSSR count). The Morgan fingerprint density at radius 1 is 1.42 bits per heavy atom. The highest BCUT2D eigenvalue weighted by Crippen LogP contribution is 2.25. The first-order chi connectivity index (χ1) is 8.63. The predicted molar refractivity (Wildman–Crippen MR) is 76.7 cm³/mol. The second-order valence-corrected chi connectivity index (χ2v) is 7.49. The van der Waals surface area contributed by atoms with E-state index in [9.17, 15) is 12.8 Å². The van der Waals surface area contributed by atoms with Crippen LogP contribution in [0.15, 0.2) is 21.5 Å². The molecule has 0 saturated heterocycles. The quantitative estimate of drug-likeness (QED) is 0.854. The first-order valence-electron chi connectivity index (χ1n) is 5.85. The standard InChI is InChI=1S/C12H18BrFN2O2S/c1-4-12(2,3)16-19(17,18)10-6-9(13)5-8(7-15)11(10)14/h5-6,16H,4,7,15H2,1-3H3. The monoisotopic (exact) mass is 352 g/mol. The van der Waals surface area contributed by atoms with E-state index in [0.29, 0.717) is 10.9 Å². The predicted octanol–water partition coefficient (Wildman–Crippen LogP) is 2.51. The minimum atomic E-state index is -3.93. The van der Waals surface area contributed by atoms with Gasteiger partial charge in [-0.2, -0.15) is 0 Å². The van der Waals surface area contributed by atoms with Crippen molar-refractivity contribution in [2.24, 2.45) is 5.73 Å². The molecule has 0 unspecified atom stereocenters. The Hall–Kier alpha value is -0.500. The van der Waals surface area contributed by atoms with Crippen molar-refractivity contribution in [3.63, 3.8) is 0 Å². The molecule has 108 valence electrons. The number of hydrogen-bond donors (Lipinski definition) is 2. The molecule has 1 aromatic rings. The Morgan fingerprint density at radius 2 is 2.00 bits per heavy atom. The molecule has 0 heterocycles. The fourth-order valence-electron chi connectivity index (χ4n) is 1.45. The van der Waals surface area contributed by atoms with Crippen LogP contribution >= 0.6 is 15.9 Å². The fourth-order valence-corrected chi connectivity index (χ4v) is 3.74. The van der Waals surface area contributed by atoms with E-state index in [0.717, 1.165) is 0 Å². The largest absolute Gasteiger partial charge is 0.326 e. The molecule has 0 fully saturated rings. The Balaban J connectivity index is 3.33. The number of benzene rings is 1. The maximum Gasteiger partial charge on any atom is 0.244 e. The molecule has 0 saturated carbocycles. The molecule has 0 atom stereocenters. The van der Waals surface area contributed by atoms with Gasteiger partial charge in [0.25, 0.3) is 0 Å². The molecule has 19 heavy (non-hydrogen) atoms. The zero-order valence-corrected chi connectivity index (χ0v) is 13.5. The van der Waals surface area contributed by atoms with Crippen molar-refractivity contribution in [2.75, 3.05) is 0 Å². The van der Waals surface area contributed by atoms with E-state index >= 15 is 0 Å². The minimum absolute atomic E-state index is 0.0645. The summed E-state index contributed by atoms with van der Waals surface area (Å²) >= 11 is 3.16. The lowest BCUT2D eigenvalue weighted by Crippen LogP contribution is -2.43. The molecule has 0 bridgehead atoms. The average Bonchev–Trinajstić information content (AvgIpc) is 2.30. The molecular weight excluding hydrogens is 335 g/mol. The van der Waals surface area contributed by atoms with Gasteiger partial charge in [-0.1, -0.05) is 22.9 Å². The number of sulfonamides is 1. The summed E-state index contributed by atoms with van der Waals surface area (Å²) in [6.07, 6.45) is 0.589. The third-order valence-corrected chi connectivity index (χ3v) is 5.04. The Labute approximate surface area is 121 Å². The lowest BCUT2D eigenvalue weighted by Gasteiger charge is -2.24. The summed E-state index contributed by atoms with van der Waals surface area (Å²) in [5, 5.41) is 0. The second kappa shape index (κ2) is 5.87. The van der Waals surface area contributed by atoms with Gasteiger partial charge >= 0.3 is 0 Å². The minimum Gasteiger partial charge on any atom is -0.326 e. The van der Waals surface area contributed by atoms with E-state index in [-0.39, 0.29) is 17.0 Å². The summed E-state index contributed by atoms with van der Waals surface area (Å²) in [5.74, 6) is -0.801. The molecule has 0 aromatic heterocycles. The maximum atomic E-state index is 14.1. The number of halogens is 2. The third-order valence-electron chi connectivity index (χ3n) is 2.88. The van der Waals surface area contributed by atoms with E-state index in [1.165, 1.54) is 12.1 Å². The molecule has 0 radical (unpaired) electrons. The van der Waals surface area contributed by atoms with Gasteiger partial charge in [0.05, 0.1) is 0 Å². The first kappa shape index (κ1) is 16.6. The topological polar surface area (TPSA) is 72.2 Å². The van der Waals surface area contributed by atoms with Gasteiger partial charge in [0, 0.05) is 22.1 Å². The highest BCUT2D eigenvalue weighted by atomic mass is 79.9. The van der Waals surface area contributed by atoms with Gasteiger partial charge in [-0.3, -0.25) is 0 Å². The van der Waals surface area contributed by atoms with Crippen molar-refractivity contribution in [1.82, 2.24) is 4.72 Å². The molecule has 3 N–H and O–H groups in total. The van der Waals surface area contributed by atoms with Crippen LogP contribution in [-0.2, 0) is 16.6 Å². The third kappa shape index (κ3) is 3.98. The summed E-state index contributed by atoms with van der Waals surface area (Å²) in [5.41, 5.74) is 4.92. The van der Waals surface area contributed by atoms with Crippen LogP contribution < -0.4 is 10.5 Å². The van der Waals surface area contributed by atoms with Crippen LogP contribution in [0.3, 0.4) is 0 Å². The van der Waals surface area contributed by atoms with Gasteiger partial charge in [0.15, 0.2) is 0 Å². The van der Waals surface area contributed by atoms with Crippen molar-refractivity contribution in [1.29, 1.82) is 0 Å². The highest BCUT2D eigenvalue weighted by molar-refractivity contribution is 9.10. The molecule has 0 aliphatic carbocycles. The Morgan fingerprint density at radius 3 is 2.47 bits per heavy atom. The van der Waals surface area contributed by atoms with Crippen molar-refractivity contribution < 1.29 is 12.8 Å². The normalized spacial score (nSPS) is 12.7. The number of nitrogens with one attached hydrogen (secondary N) is 1. The van der Waals surface area contributed by atoms with Crippen LogP contribution in [0.1, 0.15) is 32.8 Å². The van der Waals surface area contributed by atoms with E-state index in [2.05, 4.69) is 20.7 Å². The molecule has 0 aliphatic heterocycles. The van der Waals surface area contributed by atoms with Crippen LogP contribution in [0.25, 0.3) is 0 Å². The van der Waals surface area contributed by atoms with E-state index in [1.54, 1.807) is 13.8 Å². The smallest absolute Gasteiger partial charge is 0.244 e. The number of rotatable bonds is 5. The number of nitrogens with two attached hydrogens (primary N) is 1. The van der Waals surface area contributed by atoms with Gasteiger partial charge < -0.3 is 5.73 Å². The van der Waals surface area contributed by atoms with Gasteiger partial charge in [-0.05, 0) is 32.4 Å². The van der Waals surface area contributed by atoms with Crippen LogP contribution in [-0.4, -0.2) is 14.0 Å². The van der Waals surface area contributed by atoms with Crippen LogP contribution in [0.2, 0.25) is 0 Å². The lowest BCUT2D eigenvalue weighted by atomic mass is 10.0. The van der Waals surface area contributed by atoms with E-state index in [4.69, 9.17) is 5.73 Å². The van der Waals surface area contributed by atoms with E-state index in [1.807, 2.05) is 6.92 Å². The van der Waals surface area contributed by atoms with Crippen LogP contribution in [0, 0.1) is 5.82 Å². The van der Waals surface area contributed by atoms with Crippen LogP contribution in [0.4, 0.5) is 4.39 Å². The van der Waals surface area contributed by atoms with Gasteiger partial charge in [-0.15, -0.1) is 0 Å². The molecule has 0 aliphatic rings. The first-order valence-corrected chi connectivity index (χ1v) is 8.12. The molecule has 0 amide bonds. The SMILES string of the molecule is CCC(C)(C)NS(=O)(=O)c1cc(Br)cc(CN)c1F. The summed E-state index contributed by atoms with van der Waals surface area (Å²) in [6.45, 7) is 5.27. The zero-order valence-electron chi connectivity index (χ0n) is 11.1. The average molecular weight is 353 g/mol. The molecule has 4 nitrogen and oxygen atoms in total. The summed E-state index contributed by atoms with van der Waals surface area (Å²) in [7, 11) is -3.93. The number of hydrogen-bond acceptors (Lipinski definition) is 3. The summed E-state index contributed by atoms with van der Waals surface area (Å²) < 4.78 is 41.5. The maximum absolute atomic E-state index is 14.1. The van der Waals surface area contributed by atoms with Crippen molar-refractivity contribution >= 4 is 26.0 Å². The lowest BCUT2D eigenvalue weighted by molar-refractivity contribution is 0.437. The molecule has 1 aromatic carbocycles. The summed E-state index contributed by atoms with van der Waals surface area (Å²) in [6, 6.07) is 2.71.